The molecule has 2 rings (SSSR count). The highest BCUT2D eigenvalue weighted by Gasteiger charge is 2.12. The van der Waals surface area contributed by atoms with Crippen molar-refractivity contribution in [3.8, 4) is 0 Å². The SMILES string of the molecule is CCNC(=NCc1c(C)nn(C)c1C)NCC(C)N(C)Cc1ccccc1. The molecule has 0 radical (unpaired) electrons. The second-order valence-corrected chi connectivity index (χ2v) is 7.10. The summed E-state index contributed by atoms with van der Waals surface area (Å²) in [6.07, 6.45) is 0. The lowest BCUT2D eigenvalue weighted by molar-refractivity contribution is 0.249. The smallest absolute Gasteiger partial charge is 0.191 e. The minimum absolute atomic E-state index is 0.385. The zero-order valence-corrected chi connectivity index (χ0v) is 17.6. The molecule has 1 heterocycles. The number of hydrogen-bond donors (Lipinski definition) is 2. The van der Waals surface area contributed by atoms with Gasteiger partial charge in [0.1, 0.15) is 0 Å². The molecule has 1 aromatic heterocycles. The van der Waals surface area contributed by atoms with Crippen molar-refractivity contribution in [1.82, 2.24) is 25.3 Å². The first-order chi connectivity index (χ1) is 12.9. The lowest BCUT2D eigenvalue weighted by Crippen LogP contribution is -2.44. The van der Waals surface area contributed by atoms with Crippen LogP contribution in [0.15, 0.2) is 35.3 Å². The molecule has 0 fully saturated rings. The summed E-state index contributed by atoms with van der Waals surface area (Å²) in [6.45, 7) is 11.7. The van der Waals surface area contributed by atoms with Crippen molar-refractivity contribution in [3.63, 3.8) is 0 Å². The van der Waals surface area contributed by atoms with Crippen LogP contribution >= 0.6 is 0 Å². The fourth-order valence-electron chi connectivity index (χ4n) is 2.97. The molecule has 0 spiro atoms. The number of likely N-dealkylation sites (N-methyl/N-ethyl adjacent to an activating group) is 1. The molecule has 1 unspecified atom stereocenters. The third-order valence-corrected chi connectivity index (χ3v) is 4.99. The Labute approximate surface area is 163 Å². The monoisotopic (exact) mass is 370 g/mol. The predicted octanol–water partition coefficient (Wildman–Crippen LogP) is 2.61. The first kappa shape index (κ1) is 21.0. The topological polar surface area (TPSA) is 57.5 Å². The Morgan fingerprint density at radius 2 is 1.93 bits per heavy atom. The molecule has 2 aromatic rings. The van der Waals surface area contributed by atoms with Gasteiger partial charge in [0, 0.05) is 44.0 Å². The fraction of sp³-hybridized carbons (Fsp3) is 0.524. The summed E-state index contributed by atoms with van der Waals surface area (Å²) in [7, 11) is 4.13. The Kier molecular flexibility index (Phi) is 7.85. The van der Waals surface area contributed by atoms with Gasteiger partial charge in [-0.05, 0) is 40.3 Å². The lowest BCUT2D eigenvalue weighted by atomic mass is 10.2. The maximum atomic E-state index is 4.76. The molecule has 1 aromatic carbocycles. The number of rotatable bonds is 8. The van der Waals surface area contributed by atoms with Crippen molar-refractivity contribution in [2.24, 2.45) is 12.0 Å². The van der Waals surface area contributed by atoms with Crippen LogP contribution in [0.2, 0.25) is 0 Å². The van der Waals surface area contributed by atoms with Gasteiger partial charge in [-0.1, -0.05) is 30.3 Å². The number of guanidine groups is 1. The van der Waals surface area contributed by atoms with Crippen LogP contribution in [0, 0.1) is 13.8 Å². The molecule has 6 heteroatoms. The summed E-state index contributed by atoms with van der Waals surface area (Å²) in [5.74, 6) is 0.847. The third kappa shape index (κ3) is 6.10. The Morgan fingerprint density at radius 3 is 2.52 bits per heavy atom. The molecule has 0 saturated heterocycles. The molecular weight excluding hydrogens is 336 g/mol. The second-order valence-electron chi connectivity index (χ2n) is 7.10. The molecule has 0 aliphatic carbocycles. The Hall–Kier alpha value is -2.34. The molecule has 1 atom stereocenters. The van der Waals surface area contributed by atoms with E-state index in [-0.39, 0.29) is 0 Å². The molecule has 0 amide bonds. The first-order valence-corrected chi connectivity index (χ1v) is 9.67. The van der Waals surface area contributed by atoms with Gasteiger partial charge < -0.3 is 10.6 Å². The standard InChI is InChI=1S/C21H34N6/c1-7-22-21(24-14-20-17(3)25-27(6)18(20)4)23-13-16(2)26(5)15-19-11-9-8-10-12-19/h8-12,16H,7,13-15H2,1-6H3,(H2,22,23,24). The number of nitrogens with zero attached hydrogens (tertiary/aromatic N) is 4. The third-order valence-electron chi connectivity index (χ3n) is 4.99. The normalized spacial score (nSPS) is 13.1. The fourth-order valence-corrected chi connectivity index (χ4v) is 2.97. The molecule has 148 valence electrons. The number of aliphatic imine (C=N–C) groups is 1. The molecule has 0 aliphatic rings. The van der Waals surface area contributed by atoms with Crippen LogP contribution in [0.25, 0.3) is 0 Å². The molecule has 0 bridgehead atoms. The minimum atomic E-state index is 0.385. The Morgan fingerprint density at radius 1 is 1.22 bits per heavy atom. The second kappa shape index (κ2) is 10.1. The zero-order valence-electron chi connectivity index (χ0n) is 17.6. The molecule has 27 heavy (non-hydrogen) atoms. The number of aryl methyl sites for hydroxylation is 2. The van der Waals surface area contributed by atoms with Crippen molar-refractivity contribution in [3.05, 3.63) is 52.8 Å². The zero-order chi connectivity index (χ0) is 19.8. The minimum Gasteiger partial charge on any atom is -0.357 e. The highest BCUT2D eigenvalue weighted by atomic mass is 15.3. The van der Waals surface area contributed by atoms with Crippen LogP contribution in [0.4, 0.5) is 0 Å². The van der Waals surface area contributed by atoms with Gasteiger partial charge in [0.2, 0.25) is 0 Å². The summed E-state index contributed by atoms with van der Waals surface area (Å²) in [6, 6.07) is 11.0. The Bertz CT molecular complexity index is 735. The summed E-state index contributed by atoms with van der Waals surface area (Å²) in [4.78, 5) is 7.11. The van der Waals surface area contributed by atoms with Gasteiger partial charge in [-0.3, -0.25) is 9.58 Å². The molecule has 6 nitrogen and oxygen atoms in total. The van der Waals surface area contributed by atoms with Gasteiger partial charge in [0.05, 0.1) is 12.2 Å². The van der Waals surface area contributed by atoms with E-state index in [0.29, 0.717) is 12.6 Å². The van der Waals surface area contributed by atoms with Gasteiger partial charge in [-0.15, -0.1) is 0 Å². The van der Waals surface area contributed by atoms with Gasteiger partial charge in [-0.25, -0.2) is 4.99 Å². The van der Waals surface area contributed by atoms with E-state index in [9.17, 15) is 0 Å². The van der Waals surface area contributed by atoms with Crippen LogP contribution < -0.4 is 10.6 Å². The maximum absolute atomic E-state index is 4.76. The van der Waals surface area contributed by atoms with Crippen LogP contribution in [0.5, 0.6) is 0 Å². The quantitative estimate of drug-likeness (QED) is 0.554. The molecular formula is C21H34N6. The summed E-state index contributed by atoms with van der Waals surface area (Å²) in [5.41, 5.74) is 4.74. The average Bonchev–Trinajstić information content (AvgIpc) is 2.90. The number of hydrogen-bond acceptors (Lipinski definition) is 3. The van der Waals surface area contributed by atoms with E-state index in [0.717, 1.165) is 31.3 Å². The van der Waals surface area contributed by atoms with Gasteiger partial charge in [-0.2, -0.15) is 5.10 Å². The molecule has 0 aliphatic heterocycles. The van der Waals surface area contributed by atoms with Crippen molar-refractivity contribution in [2.45, 2.75) is 46.8 Å². The van der Waals surface area contributed by atoms with Crippen molar-refractivity contribution in [1.29, 1.82) is 0 Å². The van der Waals surface area contributed by atoms with Crippen LogP contribution in [-0.2, 0) is 20.1 Å². The van der Waals surface area contributed by atoms with E-state index in [2.05, 4.69) is 78.8 Å². The van der Waals surface area contributed by atoms with Crippen molar-refractivity contribution < 1.29 is 0 Å². The molecule has 0 saturated carbocycles. The van der Waals surface area contributed by atoms with Gasteiger partial charge >= 0.3 is 0 Å². The lowest BCUT2D eigenvalue weighted by Gasteiger charge is -2.25. The van der Waals surface area contributed by atoms with Crippen LogP contribution in [0.1, 0.15) is 36.4 Å². The highest BCUT2D eigenvalue weighted by Crippen LogP contribution is 2.12. The Balaban J connectivity index is 1.92. The number of aromatic nitrogens is 2. The highest BCUT2D eigenvalue weighted by molar-refractivity contribution is 5.79. The predicted molar refractivity (Wildman–Crippen MR) is 113 cm³/mol. The van der Waals surface area contributed by atoms with E-state index >= 15 is 0 Å². The first-order valence-electron chi connectivity index (χ1n) is 9.67. The van der Waals surface area contributed by atoms with Gasteiger partial charge in [0.15, 0.2) is 5.96 Å². The van der Waals surface area contributed by atoms with E-state index in [1.807, 2.05) is 18.7 Å². The summed E-state index contributed by atoms with van der Waals surface area (Å²) >= 11 is 0. The number of benzene rings is 1. The molecule has 2 N–H and O–H groups in total. The number of nitrogens with one attached hydrogen (secondary N) is 2. The van der Waals surface area contributed by atoms with Crippen LogP contribution in [-0.4, -0.2) is 46.8 Å². The largest absolute Gasteiger partial charge is 0.357 e. The van der Waals surface area contributed by atoms with E-state index in [4.69, 9.17) is 4.99 Å². The van der Waals surface area contributed by atoms with Gasteiger partial charge in [0.25, 0.3) is 0 Å². The van der Waals surface area contributed by atoms with Crippen LogP contribution in [0.3, 0.4) is 0 Å². The van der Waals surface area contributed by atoms with E-state index < -0.39 is 0 Å². The average molecular weight is 371 g/mol. The maximum Gasteiger partial charge on any atom is 0.191 e. The van der Waals surface area contributed by atoms with E-state index in [1.165, 1.54) is 16.8 Å². The van der Waals surface area contributed by atoms with Crippen molar-refractivity contribution in [2.75, 3.05) is 20.1 Å². The van der Waals surface area contributed by atoms with E-state index in [1.54, 1.807) is 0 Å². The summed E-state index contributed by atoms with van der Waals surface area (Å²) in [5, 5.41) is 11.3. The van der Waals surface area contributed by atoms with Crippen molar-refractivity contribution >= 4 is 5.96 Å². The summed E-state index contributed by atoms with van der Waals surface area (Å²) < 4.78 is 1.92.